The van der Waals surface area contributed by atoms with Crippen LogP contribution in [0, 0.1) is 5.82 Å². The maximum atomic E-state index is 15.2. The van der Waals surface area contributed by atoms with Crippen molar-refractivity contribution >= 4 is 40.6 Å². The van der Waals surface area contributed by atoms with Crippen molar-refractivity contribution in [3.05, 3.63) is 40.3 Å². The highest BCUT2D eigenvalue weighted by atomic mass is 35.5. The summed E-state index contributed by atoms with van der Waals surface area (Å²) in [4.78, 5) is 18.5. The van der Waals surface area contributed by atoms with E-state index in [0.29, 0.717) is 40.2 Å². The van der Waals surface area contributed by atoms with Crippen molar-refractivity contribution in [2.24, 2.45) is 0 Å². The minimum atomic E-state index is -0.913. The van der Waals surface area contributed by atoms with Crippen molar-refractivity contribution in [2.45, 2.75) is 58.1 Å². The lowest BCUT2D eigenvalue weighted by Crippen LogP contribution is -2.51. The van der Waals surface area contributed by atoms with Crippen LogP contribution in [0.1, 0.15) is 34.6 Å². The van der Waals surface area contributed by atoms with Crippen LogP contribution >= 0.6 is 34.5 Å². The van der Waals surface area contributed by atoms with Gasteiger partial charge in [0, 0.05) is 23.3 Å². The highest BCUT2D eigenvalue weighted by Crippen LogP contribution is 2.38. The van der Waals surface area contributed by atoms with Gasteiger partial charge < -0.3 is 23.7 Å². The first-order valence-electron chi connectivity index (χ1n) is 12.8. The predicted molar refractivity (Wildman–Crippen MR) is 151 cm³/mol. The summed E-state index contributed by atoms with van der Waals surface area (Å²) >= 11 is 13.9. The van der Waals surface area contributed by atoms with Crippen molar-refractivity contribution in [3.63, 3.8) is 0 Å². The Kier molecular flexibility index (Phi) is 8.32. The second kappa shape index (κ2) is 11.5. The average molecular weight is 628 g/mol. The van der Waals surface area contributed by atoms with Crippen LogP contribution in [0.3, 0.4) is 0 Å². The number of carbonyl (C=O) groups excluding carboxylic acids is 1. The summed E-state index contributed by atoms with van der Waals surface area (Å²) in [6, 6.07) is 5.47. The fraction of sp³-hybridized carbons (Fsp3) is 0.481. The van der Waals surface area contributed by atoms with Gasteiger partial charge in [0.25, 0.3) is 0 Å². The smallest absolute Gasteiger partial charge is 0.413 e. The highest BCUT2D eigenvalue weighted by Gasteiger charge is 2.46. The second-order valence-electron chi connectivity index (χ2n) is 11.0. The molecule has 0 bridgehead atoms. The van der Waals surface area contributed by atoms with Crippen LogP contribution < -0.4 is 9.47 Å². The van der Waals surface area contributed by atoms with Crippen LogP contribution in [0.4, 0.5) is 9.18 Å². The number of pyridine rings is 1. The number of amides is 1. The predicted octanol–water partition coefficient (Wildman–Crippen LogP) is 6.24. The summed E-state index contributed by atoms with van der Waals surface area (Å²) in [5.41, 5.74) is -0.600. The Morgan fingerprint density at radius 2 is 1.88 bits per heavy atom. The summed E-state index contributed by atoms with van der Waals surface area (Å²) in [5.74, 6) is -0.363. The molecule has 0 saturated carbocycles. The van der Waals surface area contributed by atoms with E-state index in [1.807, 2.05) is 0 Å². The van der Waals surface area contributed by atoms with E-state index in [1.54, 1.807) is 46.8 Å². The number of halogens is 3. The normalized spacial score (nSPS) is 18.7. The van der Waals surface area contributed by atoms with Crippen LogP contribution in [0.15, 0.2) is 24.3 Å². The standard InChI is InChI=1S/C27H29Cl2FN4O6S/c1-26(2,3)40-25(35)34-15(11-38-27(34,4)5)10-37-20-9-18(28)17(8-19(20)30)24-33-32-23(41-24)14-6-21(29)31-22(7-14)39-16-12-36-13-16/h6-9,15-16H,10-13H2,1-5H3/t15-/m0/s1. The molecule has 2 fully saturated rings. The third-order valence-corrected chi connectivity index (χ3v) is 7.70. The maximum absolute atomic E-state index is 15.2. The SMILES string of the molecule is CC(C)(C)OC(=O)N1[C@@H](COc2cc(Cl)c(-c3nnc(-c4cc(Cl)nc(OC5COC5)c4)s3)cc2F)COC1(C)C. The largest absolute Gasteiger partial charge is 0.488 e. The van der Waals surface area contributed by atoms with Crippen molar-refractivity contribution in [1.82, 2.24) is 20.1 Å². The average Bonchev–Trinajstić information content (AvgIpc) is 3.44. The molecule has 41 heavy (non-hydrogen) atoms. The number of rotatable bonds is 7. The Morgan fingerprint density at radius 3 is 2.56 bits per heavy atom. The number of hydrogen-bond donors (Lipinski definition) is 0. The van der Waals surface area contributed by atoms with E-state index in [9.17, 15) is 4.79 Å². The van der Waals surface area contributed by atoms with Crippen molar-refractivity contribution < 1.29 is 32.9 Å². The van der Waals surface area contributed by atoms with Gasteiger partial charge in [0.05, 0.1) is 30.9 Å². The highest BCUT2D eigenvalue weighted by molar-refractivity contribution is 7.18. The van der Waals surface area contributed by atoms with Crippen molar-refractivity contribution in [3.8, 4) is 32.8 Å². The molecule has 0 radical (unpaired) electrons. The minimum Gasteiger partial charge on any atom is -0.488 e. The molecule has 0 unspecified atom stereocenters. The Hall–Kier alpha value is -2.77. The van der Waals surface area contributed by atoms with Crippen LogP contribution in [-0.2, 0) is 14.2 Å². The van der Waals surface area contributed by atoms with Crippen LogP contribution in [0.2, 0.25) is 10.2 Å². The number of nitrogens with zero attached hydrogens (tertiary/aromatic N) is 4. The first-order valence-corrected chi connectivity index (χ1v) is 14.4. The molecular formula is C27H29Cl2FN4O6S. The fourth-order valence-electron chi connectivity index (χ4n) is 4.23. The lowest BCUT2D eigenvalue weighted by molar-refractivity contribution is -0.0813. The van der Waals surface area contributed by atoms with E-state index in [0.717, 1.165) is 0 Å². The molecule has 4 heterocycles. The van der Waals surface area contributed by atoms with Gasteiger partial charge in [0.15, 0.2) is 11.6 Å². The number of ether oxygens (including phenoxy) is 5. The quantitative estimate of drug-likeness (QED) is 0.282. The molecule has 220 valence electrons. The first-order chi connectivity index (χ1) is 19.3. The lowest BCUT2D eigenvalue weighted by atomic mass is 10.2. The molecule has 2 aliphatic rings. The molecule has 0 N–H and O–H groups in total. The molecule has 2 aromatic heterocycles. The Morgan fingerprint density at radius 1 is 1.15 bits per heavy atom. The zero-order valence-corrected chi connectivity index (χ0v) is 25.4. The molecule has 14 heteroatoms. The van der Waals surface area contributed by atoms with Gasteiger partial charge in [0.1, 0.15) is 39.2 Å². The molecule has 1 aromatic carbocycles. The summed E-state index contributed by atoms with van der Waals surface area (Å²) in [6.45, 7) is 10.0. The first kappa shape index (κ1) is 29.7. The van der Waals surface area contributed by atoms with E-state index in [-0.39, 0.29) is 35.2 Å². The van der Waals surface area contributed by atoms with Gasteiger partial charge >= 0.3 is 6.09 Å². The van der Waals surface area contributed by atoms with Crippen LogP contribution in [0.25, 0.3) is 21.1 Å². The third kappa shape index (κ3) is 6.83. The van der Waals surface area contributed by atoms with Gasteiger partial charge in [-0.25, -0.2) is 14.2 Å². The van der Waals surface area contributed by atoms with E-state index in [4.69, 9.17) is 46.9 Å². The Bertz CT molecular complexity index is 1450. The van der Waals surface area contributed by atoms with E-state index >= 15 is 4.39 Å². The minimum absolute atomic E-state index is 0.0294. The zero-order chi connectivity index (χ0) is 29.5. The molecule has 10 nitrogen and oxygen atoms in total. The summed E-state index contributed by atoms with van der Waals surface area (Å²) in [5, 5.41) is 9.82. The zero-order valence-electron chi connectivity index (χ0n) is 23.1. The van der Waals surface area contributed by atoms with E-state index in [2.05, 4.69) is 15.2 Å². The van der Waals surface area contributed by atoms with Gasteiger partial charge in [-0.15, -0.1) is 10.2 Å². The van der Waals surface area contributed by atoms with Gasteiger partial charge in [-0.05, 0) is 46.8 Å². The molecule has 1 atom stereocenters. The molecule has 0 spiro atoms. The van der Waals surface area contributed by atoms with Gasteiger partial charge in [-0.3, -0.25) is 4.90 Å². The van der Waals surface area contributed by atoms with E-state index in [1.165, 1.54) is 28.4 Å². The van der Waals surface area contributed by atoms with Gasteiger partial charge in [-0.1, -0.05) is 34.5 Å². The second-order valence-corrected chi connectivity index (χ2v) is 12.8. The van der Waals surface area contributed by atoms with E-state index < -0.39 is 29.3 Å². The number of hydrogen-bond acceptors (Lipinski definition) is 10. The molecular weight excluding hydrogens is 598 g/mol. The molecule has 3 aromatic rings. The molecule has 2 saturated heterocycles. The fourth-order valence-corrected chi connectivity index (χ4v) is 5.59. The number of aromatic nitrogens is 3. The number of carbonyl (C=O) groups is 1. The number of benzene rings is 1. The van der Waals surface area contributed by atoms with Gasteiger partial charge in [-0.2, -0.15) is 0 Å². The Labute approximate surface area is 250 Å². The molecule has 5 rings (SSSR count). The van der Waals surface area contributed by atoms with Crippen LogP contribution in [0.5, 0.6) is 11.6 Å². The van der Waals surface area contributed by atoms with Crippen LogP contribution in [-0.4, -0.2) is 76.1 Å². The van der Waals surface area contributed by atoms with Gasteiger partial charge in [0.2, 0.25) is 5.88 Å². The van der Waals surface area contributed by atoms with Crippen molar-refractivity contribution in [2.75, 3.05) is 26.4 Å². The summed E-state index contributed by atoms with van der Waals surface area (Å²) < 4.78 is 43.2. The monoisotopic (exact) mass is 626 g/mol. The molecule has 0 aliphatic carbocycles. The summed E-state index contributed by atoms with van der Waals surface area (Å²) in [7, 11) is 0. The Balaban J connectivity index is 1.30. The lowest BCUT2D eigenvalue weighted by Gasteiger charge is -2.35. The summed E-state index contributed by atoms with van der Waals surface area (Å²) in [6.07, 6.45) is -0.616. The topological polar surface area (TPSA) is 105 Å². The molecule has 1 amide bonds. The third-order valence-electron chi connectivity index (χ3n) is 6.19. The van der Waals surface area contributed by atoms with Crippen molar-refractivity contribution in [1.29, 1.82) is 0 Å². The maximum Gasteiger partial charge on any atom is 0.413 e. The molecule has 2 aliphatic heterocycles.